The van der Waals surface area contributed by atoms with Gasteiger partial charge in [0.25, 0.3) is 0 Å². The number of Topliss-reactive ketones (excluding diaryl/α,β-unsaturated/α-hetero) is 1. The van der Waals surface area contributed by atoms with Gasteiger partial charge in [-0.2, -0.15) is 0 Å². The molecule has 0 bridgehead atoms. The minimum absolute atomic E-state index is 0.153. The van der Waals surface area contributed by atoms with E-state index in [2.05, 4.69) is 41.8 Å². The fraction of sp³-hybridized carbons (Fsp3) is 0.429. The topological polar surface area (TPSA) is 64.3 Å². The van der Waals surface area contributed by atoms with Gasteiger partial charge < -0.3 is 14.4 Å². The van der Waals surface area contributed by atoms with Crippen molar-refractivity contribution < 1.29 is 19.0 Å². The molecule has 6 heteroatoms. The van der Waals surface area contributed by atoms with E-state index in [4.69, 9.17) is 14.8 Å². The van der Waals surface area contributed by atoms with Crippen LogP contribution in [0.15, 0.2) is 42.5 Å². The van der Waals surface area contributed by atoms with E-state index in [0.717, 1.165) is 70.2 Å². The number of halogens is 1. The van der Waals surface area contributed by atoms with E-state index < -0.39 is 5.60 Å². The van der Waals surface area contributed by atoms with E-state index in [0.29, 0.717) is 25.2 Å². The fourth-order valence-corrected chi connectivity index (χ4v) is 5.45. The van der Waals surface area contributed by atoms with Crippen molar-refractivity contribution in [3.05, 3.63) is 81.9 Å². The zero-order chi connectivity index (χ0) is 29.9. The van der Waals surface area contributed by atoms with Crippen molar-refractivity contribution in [2.24, 2.45) is 7.05 Å². The van der Waals surface area contributed by atoms with Crippen molar-refractivity contribution in [1.82, 2.24) is 9.55 Å². The summed E-state index contributed by atoms with van der Waals surface area (Å²) in [5, 5.41) is 9.50. The van der Waals surface area contributed by atoms with Crippen molar-refractivity contribution in [3.8, 4) is 16.9 Å². The highest BCUT2D eigenvalue weighted by molar-refractivity contribution is 5.99. The third-order valence-corrected chi connectivity index (χ3v) is 7.57. The zero-order valence-electron chi connectivity index (χ0n) is 25.5. The van der Waals surface area contributed by atoms with Crippen LogP contribution in [-0.2, 0) is 37.5 Å². The SMILES string of the molecule is CC(C)(C)O.CCC(=O)Cc1c(C)nc2c(cc(CCc3ccccc3)n2C)c1-c1cc(F)c2c(c1C)CCCO2. The Kier molecular flexibility index (Phi) is 9.33. The van der Waals surface area contributed by atoms with Crippen molar-refractivity contribution >= 4 is 16.8 Å². The molecule has 3 heterocycles. The highest BCUT2D eigenvalue weighted by Crippen LogP contribution is 2.42. The third-order valence-electron chi connectivity index (χ3n) is 7.57. The Morgan fingerprint density at radius 1 is 1.12 bits per heavy atom. The maximum Gasteiger partial charge on any atom is 0.165 e. The van der Waals surface area contributed by atoms with Gasteiger partial charge in [-0.1, -0.05) is 37.3 Å². The van der Waals surface area contributed by atoms with Gasteiger partial charge in [0.05, 0.1) is 12.2 Å². The van der Waals surface area contributed by atoms with Crippen LogP contribution < -0.4 is 4.74 Å². The lowest BCUT2D eigenvalue weighted by atomic mass is 9.87. The third kappa shape index (κ3) is 7.05. The second-order valence-corrected chi connectivity index (χ2v) is 12.0. The average molecular weight is 559 g/mol. The molecule has 0 fully saturated rings. The minimum Gasteiger partial charge on any atom is -0.490 e. The molecular formula is C35H43FN2O3. The summed E-state index contributed by atoms with van der Waals surface area (Å²) in [5.74, 6) is 0.202. The Morgan fingerprint density at radius 3 is 2.46 bits per heavy atom. The maximum atomic E-state index is 15.3. The van der Waals surface area contributed by atoms with Crippen LogP contribution in [0.25, 0.3) is 22.2 Å². The van der Waals surface area contributed by atoms with Gasteiger partial charge in [-0.3, -0.25) is 4.79 Å². The second-order valence-electron chi connectivity index (χ2n) is 12.0. The zero-order valence-corrected chi connectivity index (χ0v) is 25.5. The van der Waals surface area contributed by atoms with Crippen molar-refractivity contribution in [2.45, 2.75) is 85.7 Å². The lowest BCUT2D eigenvalue weighted by Crippen LogP contribution is -2.13. The maximum absolute atomic E-state index is 15.3. The monoisotopic (exact) mass is 558 g/mol. The molecule has 0 amide bonds. The Bertz CT molecular complexity index is 1540. The number of ketones is 1. The van der Waals surface area contributed by atoms with E-state index in [-0.39, 0.29) is 11.6 Å². The summed E-state index contributed by atoms with van der Waals surface area (Å²) in [7, 11) is 2.05. The number of ether oxygens (including phenoxy) is 1. The van der Waals surface area contributed by atoms with Gasteiger partial charge in [0.1, 0.15) is 11.4 Å². The standard InChI is InChI=1S/C31H33FN2O2.C4H10O/c1-5-23(35)17-26-20(3)33-31-27(16-22(34(31)4)14-13-21-10-7-6-8-11-21)29(26)25-18-28(32)30-24(19(25)2)12-9-15-36-30;1-4(2,3)5/h6-8,10-11,16,18H,5,9,12-15,17H2,1-4H3;5H,1-3H3. The van der Waals surface area contributed by atoms with Crippen LogP contribution in [0.5, 0.6) is 5.75 Å². The van der Waals surface area contributed by atoms with Gasteiger partial charge in [-0.05, 0) is 100 Å². The van der Waals surface area contributed by atoms with E-state index in [1.165, 1.54) is 11.3 Å². The summed E-state index contributed by atoms with van der Waals surface area (Å²) in [5.41, 5.74) is 8.28. The molecule has 0 atom stereocenters. The Hall–Kier alpha value is -3.51. The first-order chi connectivity index (χ1) is 19.4. The number of carbonyl (C=O) groups excluding carboxylic acids is 1. The molecular weight excluding hydrogens is 515 g/mol. The molecule has 0 aliphatic carbocycles. The first kappa shape index (κ1) is 30.4. The highest BCUT2D eigenvalue weighted by Gasteiger charge is 2.26. The summed E-state index contributed by atoms with van der Waals surface area (Å²) in [6.07, 6.45) is 4.20. The van der Waals surface area contributed by atoms with Gasteiger partial charge in [-0.15, -0.1) is 0 Å². The van der Waals surface area contributed by atoms with Crippen LogP contribution >= 0.6 is 0 Å². The fourth-order valence-electron chi connectivity index (χ4n) is 5.45. The molecule has 1 N–H and O–H groups in total. The predicted molar refractivity (Wildman–Crippen MR) is 164 cm³/mol. The van der Waals surface area contributed by atoms with Crippen molar-refractivity contribution in [3.63, 3.8) is 0 Å². The molecule has 1 aliphatic heterocycles. The van der Waals surface area contributed by atoms with Crippen LogP contribution in [0.2, 0.25) is 0 Å². The normalized spacial score (nSPS) is 12.9. The molecule has 4 aromatic rings. The molecule has 0 unspecified atom stereocenters. The summed E-state index contributed by atoms with van der Waals surface area (Å²) in [6.45, 7) is 11.7. The molecule has 0 saturated carbocycles. The summed E-state index contributed by atoms with van der Waals surface area (Å²) < 4.78 is 23.2. The van der Waals surface area contributed by atoms with Crippen LogP contribution in [-0.4, -0.2) is 32.6 Å². The molecule has 5 nitrogen and oxygen atoms in total. The summed E-state index contributed by atoms with van der Waals surface area (Å²) in [6, 6.07) is 14.2. The Balaban J connectivity index is 0.000000714. The number of aromatic nitrogens is 2. The van der Waals surface area contributed by atoms with Crippen LogP contribution in [0.1, 0.15) is 74.2 Å². The Morgan fingerprint density at radius 2 is 1.80 bits per heavy atom. The number of aliphatic hydroxyl groups is 1. The van der Waals surface area contributed by atoms with Gasteiger partial charge in [-0.25, -0.2) is 9.37 Å². The molecule has 0 saturated heterocycles. The summed E-state index contributed by atoms with van der Waals surface area (Å²) in [4.78, 5) is 17.6. The van der Waals surface area contributed by atoms with E-state index in [9.17, 15) is 4.79 Å². The molecule has 41 heavy (non-hydrogen) atoms. The van der Waals surface area contributed by atoms with Crippen LogP contribution in [0.3, 0.4) is 0 Å². The first-order valence-electron chi connectivity index (χ1n) is 14.6. The Labute approximate surface area is 243 Å². The summed E-state index contributed by atoms with van der Waals surface area (Å²) >= 11 is 0. The van der Waals surface area contributed by atoms with E-state index in [1.807, 2.05) is 27.0 Å². The lowest BCUT2D eigenvalue weighted by molar-refractivity contribution is -0.118. The number of hydrogen-bond donors (Lipinski definition) is 1. The number of nitrogens with zero attached hydrogens (tertiary/aromatic N) is 2. The number of carbonyl (C=O) groups is 1. The minimum atomic E-state index is -0.500. The number of hydrogen-bond acceptors (Lipinski definition) is 4. The van der Waals surface area contributed by atoms with Crippen molar-refractivity contribution in [2.75, 3.05) is 6.61 Å². The first-order valence-corrected chi connectivity index (χ1v) is 14.6. The molecule has 2 aromatic carbocycles. The molecule has 5 rings (SSSR count). The van der Waals surface area contributed by atoms with Crippen LogP contribution in [0.4, 0.5) is 4.39 Å². The van der Waals surface area contributed by atoms with E-state index >= 15 is 4.39 Å². The smallest absolute Gasteiger partial charge is 0.165 e. The number of rotatable bonds is 7. The van der Waals surface area contributed by atoms with Gasteiger partial charge >= 0.3 is 0 Å². The highest BCUT2D eigenvalue weighted by atomic mass is 19.1. The molecule has 1 aliphatic rings. The predicted octanol–water partition coefficient (Wildman–Crippen LogP) is 7.41. The molecule has 218 valence electrons. The van der Waals surface area contributed by atoms with Gasteiger partial charge in [0.2, 0.25) is 0 Å². The molecule has 2 aromatic heterocycles. The average Bonchev–Trinajstić information content (AvgIpc) is 3.24. The lowest BCUT2D eigenvalue weighted by Gasteiger charge is -2.23. The quantitative estimate of drug-likeness (QED) is 0.257. The van der Waals surface area contributed by atoms with Crippen LogP contribution in [0, 0.1) is 19.7 Å². The number of fused-ring (bicyclic) bond motifs is 2. The largest absolute Gasteiger partial charge is 0.490 e. The number of pyridine rings is 1. The van der Waals surface area contributed by atoms with E-state index in [1.54, 1.807) is 26.8 Å². The van der Waals surface area contributed by atoms with Gasteiger partial charge in [0.15, 0.2) is 11.6 Å². The number of aryl methyl sites for hydroxylation is 4. The second kappa shape index (κ2) is 12.6. The van der Waals surface area contributed by atoms with Crippen molar-refractivity contribution in [1.29, 1.82) is 0 Å². The van der Waals surface area contributed by atoms with Gasteiger partial charge in [0, 0.05) is 42.2 Å². The molecule has 0 radical (unpaired) electrons. The number of benzene rings is 2. The molecule has 0 spiro atoms.